The van der Waals surface area contributed by atoms with Gasteiger partial charge in [-0.05, 0) is 157 Å². The maximum Gasteiger partial charge on any atom is 0.187 e. The van der Waals surface area contributed by atoms with Crippen molar-refractivity contribution in [3.8, 4) is 28.6 Å². The van der Waals surface area contributed by atoms with Crippen molar-refractivity contribution >= 4 is 105 Å². The van der Waals surface area contributed by atoms with Crippen molar-refractivity contribution in [2.24, 2.45) is 0 Å². The van der Waals surface area contributed by atoms with Gasteiger partial charge in [0.25, 0.3) is 0 Å². The summed E-state index contributed by atoms with van der Waals surface area (Å²) in [5, 5.41) is 19.1. The molecule has 0 aliphatic rings. The Morgan fingerprint density at radius 3 is 1.23 bits per heavy atom. The number of anilines is 6. The lowest BCUT2D eigenvalue weighted by molar-refractivity contribution is 1.17. The molecule has 0 aliphatic heterocycles. The summed E-state index contributed by atoms with van der Waals surface area (Å²) in [5.41, 5.74) is 18.7. The highest BCUT2D eigenvalue weighted by Gasteiger charge is 2.25. The van der Waals surface area contributed by atoms with Crippen LogP contribution in [-0.4, -0.2) is 9.13 Å². The zero-order chi connectivity index (χ0) is 52.4. The van der Waals surface area contributed by atoms with Crippen LogP contribution >= 0.6 is 0 Å². The van der Waals surface area contributed by atoms with Crippen LogP contribution in [0.2, 0.25) is 0 Å². The molecular formula is C72H48N6. The molecule has 0 amide bonds. The number of rotatable bonds is 9. The van der Waals surface area contributed by atoms with Crippen LogP contribution in [0.3, 0.4) is 0 Å². The zero-order valence-corrected chi connectivity index (χ0v) is 42.9. The predicted molar refractivity (Wildman–Crippen MR) is 325 cm³/mol. The van der Waals surface area contributed by atoms with Crippen LogP contribution in [0.25, 0.3) is 92.5 Å². The highest BCUT2D eigenvalue weighted by Crippen LogP contribution is 2.50. The number of fused-ring (bicyclic) bond motifs is 8. The Morgan fingerprint density at radius 2 is 0.756 bits per heavy atom. The second-order valence-electron chi connectivity index (χ2n) is 20.1. The second kappa shape index (κ2) is 18.6. The first kappa shape index (κ1) is 45.9. The van der Waals surface area contributed by atoms with Crippen molar-refractivity contribution in [3.63, 3.8) is 0 Å². The van der Waals surface area contributed by atoms with Crippen LogP contribution in [0, 0.1) is 31.8 Å². The first-order valence-corrected chi connectivity index (χ1v) is 26.2. The fraction of sp³-hybridized carbons (Fsp3) is 0.0278. The molecule has 0 N–H and O–H groups in total. The molecule has 2 heterocycles. The average Bonchev–Trinajstić information content (AvgIpc) is 4.15. The normalized spacial score (nSPS) is 11.4. The van der Waals surface area contributed by atoms with E-state index in [1.807, 2.05) is 36.4 Å². The van der Waals surface area contributed by atoms with Gasteiger partial charge in [0.2, 0.25) is 0 Å². The van der Waals surface area contributed by atoms with E-state index >= 15 is 0 Å². The SMILES string of the molecule is [C-]#[N+]c1ccc(N(c2ccc(-c3c4ccccc4c(N(c4ccc(C#N)cc4)c4ccc5c(c4)c4ccccc4n5-c4ccc(C)cc4)c4ccccc34)cc2)c2ccc3c(c2)c2ccccc2n3-c2ccc(C)cc2)cc1. The number of aryl methyl sites for hydroxylation is 2. The van der Waals surface area contributed by atoms with Gasteiger partial charge in [-0.25, -0.2) is 4.85 Å². The van der Waals surface area contributed by atoms with Gasteiger partial charge in [-0.1, -0.05) is 145 Å². The summed E-state index contributed by atoms with van der Waals surface area (Å²) in [6, 6.07) is 93.0. The quantitative estimate of drug-likeness (QED) is 0.107. The van der Waals surface area contributed by atoms with Crippen LogP contribution in [0.1, 0.15) is 16.7 Å². The number of nitriles is 1. The third-order valence-electron chi connectivity index (χ3n) is 15.4. The van der Waals surface area contributed by atoms with Crippen LogP contribution in [0.5, 0.6) is 0 Å². The molecule has 0 aliphatic carbocycles. The number of benzene rings is 12. The van der Waals surface area contributed by atoms with E-state index in [0.717, 1.165) is 111 Å². The lowest BCUT2D eigenvalue weighted by atomic mass is 9.89. The summed E-state index contributed by atoms with van der Waals surface area (Å²) >= 11 is 0. The number of para-hydroxylation sites is 2. The number of hydrogen-bond acceptors (Lipinski definition) is 3. The lowest BCUT2D eigenvalue weighted by Gasteiger charge is -2.30. The first-order chi connectivity index (χ1) is 38.4. The molecule has 0 bridgehead atoms. The minimum atomic E-state index is 0.594. The molecule has 14 rings (SSSR count). The highest BCUT2D eigenvalue weighted by molar-refractivity contribution is 6.23. The van der Waals surface area contributed by atoms with Gasteiger partial charge in [0.05, 0.1) is 46.0 Å². The molecule has 2 aromatic heterocycles. The molecule has 0 saturated carbocycles. The molecule has 366 valence electrons. The highest BCUT2D eigenvalue weighted by atomic mass is 15.2. The van der Waals surface area contributed by atoms with Gasteiger partial charge in [0.1, 0.15) is 0 Å². The predicted octanol–water partition coefficient (Wildman–Crippen LogP) is 19.8. The van der Waals surface area contributed by atoms with Gasteiger partial charge in [-0.2, -0.15) is 5.26 Å². The topological polar surface area (TPSA) is 44.5 Å². The molecule has 0 unspecified atom stereocenters. The minimum Gasteiger partial charge on any atom is -0.311 e. The molecule has 78 heavy (non-hydrogen) atoms. The van der Waals surface area contributed by atoms with E-state index in [1.54, 1.807) is 0 Å². The van der Waals surface area contributed by atoms with Crippen LogP contribution in [0.4, 0.5) is 39.8 Å². The van der Waals surface area contributed by atoms with E-state index in [2.05, 4.69) is 262 Å². The number of nitrogens with zero attached hydrogens (tertiary/aromatic N) is 6. The maximum atomic E-state index is 9.97. The molecular weight excluding hydrogens is 949 g/mol. The minimum absolute atomic E-state index is 0.594. The Morgan fingerprint density at radius 1 is 0.372 bits per heavy atom. The largest absolute Gasteiger partial charge is 0.311 e. The second-order valence-corrected chi connectivity index (χ2v) is 20.1. The van der Waals surface area contributed by atoms with Gasteiger partial charge in [-0.3, -0.25) is 0 Å². The average molecular weight is 997 g/mol. The summed E-state index contributed by atoms with van der Waals surface area (Å²) in [6.07, 6.45) is 0. The summed E-state index contributed by atoms with van der Waals surface area (Å²) in [7, 11) is 0. The van der Waals surface area contributed by atoms with Crippen molar-refractivity contribution in [1.29, 1.82) is 5.26 Å². The fourth-order valence-electron chi connectivity index (χ4n) is 11.8. The molecule has 0 radical (unpaired) electrons. The Labute approximate surface area is 452 Å². The van der Waals surface area contributed by atoms with Gasteiger partial charge in [0.15, 0.2) is 5.69 Å². The monoisotopic (exact) mass is 996 g/mol. The van der Waals surface area contributed by atoms with Gasteiger partial charge >= 0.3 is 0 Å². The third kappa shape index (κ3) is 7.54. The van der Waals surface area contributed by atoms with Crippen LogP contribution < -0.4 is 9.80 Å². The zero-order valence-electron chi connectivity index (χ0n) is 42.9. The Bertz CT molecular complexity index is 4690. The Kier molecular flexibility index (Phi) is 11.0. The van der Waals surface area contributed by atoms with Crippen molar-refractivity contribution in [2.75, 3.05) is 9.80 Å². The molecule has 0 spiro atoms. The Balaban J connectivity index is 0.937. The summed E-state index contributed by atoms with van der Waals surface area (Å²) in [4.78, 5) is 8.40. The maximum absolute atomic E-state index is 9.97. The smallest absolute Gasteiger partial charge is 0.187 e. The van der Waals surface area contributed by atoms with Crippen LogP contribution in [0.15, 0.2) is 255 Å². The molecule has 0 atom stereocenters. The van der Waals surface area contributed by atoms with E-state index in [1.165, 1.54) is 21.9 Å². The lowest BCUT2D eigenvalue weighted by Crippen LogP contribution is -2.12. The summed E-state index contributed by atoms with van der Waals surface area (Å²) < 4.78 is 4.71. The van der Waals surface area contributed by atoms with Crippen LogP contribution in [-0.2, 0) is 0 Å². The molecule has 12 aromatic carbocycles. The van der Waals surface area contributed by atoms with Crippen molar-refractivity contribution in [2.45, 2.75) is 13.8 Å². The number of hydrogen-bond donors (Lipinski definition) is 0. The third-order valence-corrected chi connectivity index (χ3v) is 15.4. The van der Waals surface area contributed by atoms with E-state index < -0.39 is 0 Å². The molecule has 6 nitrogen and oxygen atoms in total. The van der Waals surface area contributed by atoms with Gasteiger partial charge in [0, 0.05) is 72.1 Å². The van der Waals surface area contributed by atoms with E-state index in [9.17, 15) is 5.26 Å². The van der Waals surface area contributed by atoms with E-state index in [4.69, 9.17) is 6.57 Å². The molecule has 0 saturated heterocycles. The van der Waals surface area contributed by atoms with Gasteiger partial charge in [-0.15, -0.1) is 0 Å². The molecule has 6 heteroatoms. The molecule has 0 fully saturated rings. The molecule has 14 aromatic rings. The van der Waals surface area contributed by atoms with Crippen molar-refractivity contribution in [1.82, 2.24) is 9.13 Å². The fourth-order valence-corrected chi connectivity index (χ4v) is 11.8. The van der Waals surface area contributed by atoms with Crippen molar-refractivity contribution < 1.29 is 0 Å². The van der Waals surface area contributed by atoms with E-state index in [-0.39, 0.29) is 0 Å². The van der Waals surface area contributed by atoms with E-state index in [0.29, 0.717) is 11.3 Å². The summed E-state index contributed by atoms with van der Waals surface area (Å²) in [5.74, 6) is 0. The first-order valence-electron chi connectivity index (χ1n) is 26.2. The summed E-state index contributed by atoms with van der Waals surface area (Å²) in [6.45, 7) is 12.0. The van der Waals surface area contributed by atoms with Crippen molar-refractivity contribution in [3.05, 3.63) is 283 Å². The van der Waals surface area contributed by atoms with Gasteiger partial charge < -0.3 is 18.9 Å². The number of aromatic nitrogens is 2. The Hall–Kier alpha value is -10.7. The standard InChI is InChI=1S/C72H48N6/c1-47-20-30-55(31-21-47)77-67-18-10-8-12-59(67)65-44-57(40-42-69(65)77)75(53-38-28-51(74-3)29-39-53)52-36-26-50(27-37-52)71-61-14-4-6-16-63(61)72(64-17-7-5-15-62(64)71)76(54-34-24-49(46-73)25-35-54)58-41-43-70-66(45-58)60-13-9-11-19-68(60)78(70)56-32-22-48(2)23-33-56/h4-45H,1-2H3.